The Hall–Kier alpha value is -3.71. The summed E-state index contributed by atoms with van der Waals surface area (Å²) >= 11 is 0. The zero-order valence-electron chi connectivity index (χ0n) is 16.4. The SMILES string of the molecule is N=c1c2cc(-c3ccccc3)oc2ncn1/N=C/c1ccc(N2CCOCC2)cc1. The van der Waals surface area contributed by atoms with Crippen LogP contribution in [0.15, 0.2) is 76.5 Å². The van der Waals surface area contributed by atoms with Gasteiger partial charge in [0.05, 0.1) is 24.8 Å². The number of morpholine rings is 1. The summed E-state index contributed by atoms with van der Waals surface area (Å²) < 4.78 is 12.7. The molecule has 1 fully saturated rings. The molecule has 2 aromatic heterocycles. The molecule has 1 saturated heterocycles. The molecule has 1 N–H and O–H groups in total. The summed E-state index contributed by atoms with van der Waals surface area (Å²) in [5.74, 6) is 0.687. The molecule has 30 heavy (non-hydrogen) atoms. The molecular formula is C23H21N5O2. The molecule has 2 aromatic carbocycles. The van der Waals surface area contributed by atoms with Crippen LogP contribution in [0.2, 0.25) is 0 Å². The molecule has 1 aliphatic heterocycles. The smallest absolute Gasteiger partial charge is 0.231 e. The number of hydrogen-bond donors (Lipinski definition) is 1. The first-order chi connectivity index (χ1) is 14.8. The number of hydrogen-bond acceptors (Lipinski definition) is 6. The van der Waals surface area contributed by atoms with Crippen molar-refractivity contribution >= 4 is 23.0 Å². The monoisotopic (exact) mass is 399 g/mol. The van der Waals surface area contributed by atoms with Gasteiger partial charge in [-0.25, -0.2) is 9.66 Å². The summed E-state index contributed by atoms with van der Waals surface area (Å²) in [6.07, 6.45) is 3.23. The molecule has 5 rings (SSSR count). The van der Waals surface area contributed by atoms with E-state index >= 15 is 0 Å². The Morgan fingerprint density at radius 3 is 2.53 bits per heavy atom. The molecule has 0 amide bonds. The van der Waals surface area contributed by atoms with Crippen LogP contribution in [0, 0.1) is 5.41 Å². The van der Waals surface area contributed by atoms with Crippen molar-refractivity contribution in [1.29, 1.82) is 5.41 Å². The van der Waals surface area contributed by atoms with Gasteiger partial charge in [-0.05, 0) is 23.8 Å². The first-order valence-electron chi connectivity index (χ1n) is 9.86. The normalized spacial score (nSPS) is 14.6. The van der Waals surface area contributed by atoms with Crippen molar-refractivity contribution in [2.75, 3.05) is 31.2 Å². The third-order valence-electron chi connectivity index (χ3n) is 5.14. The molecule has 7 nitrogen and oxygen atoms in total. The molecule has 3 heterocycles. The molecule has 0 saturated carbocycles. The minimum atomic E-state index is 0.229. The van der Waals surface area contributed by atoms with Crippen LogP contribution in [-0.4, -0.2) is 42.2 Å². The molecule has 0 unspecified atom stereocenters. The highest BCUT2D eigenvalue weighted by atomic mass is 16.5. The van der Waals surface area contributed by atoms with Crippen molar-refractivity contribution in [3.63, 3.8) is 0 Å². The van der Waals surface area contributed by atoms with E-state index in [0.29, 0.717) is 16.9 Å². The highest BCUT2D eigenvalue weighted by Crippen LogP contribution is 2.24. The Bertz CT molecular complexity index is 1240. The number of aromatic nitrogens is 2. The quantitative estimate of drug-likeness (QED) is 0.533. The summed E-state index contributed by atoms with van der Waals surface area (Å²) in [4.78, 5) is 6.63. The van der Waals surface area contributed by atoms with E-state index in [4.69, 9.17) is 14.6 Å². The summed E-state index contributed by atoms with van der Waals surface area (Å²) in [6, 6.07) is 19.8. The van der Waals surface area contributed by atoms with Crippen molar-refractivity contribution in [3.05, 3.63) is 78.0 Å². The summed E-state index contributed by atoms with van der Waals surface area (Å²) in [5.41, 5.74) is 3.74. The molecule has 1 aliphatic rings. The van der Waals surface area contributed by atoms with Crippen molar-refractivity contribution in [2.45, 2.75) is 0 Å². The number of fused-ring (bicyclic) bond motifs is 1. The van der Waals surface area contributed by atoms with Gasteiger partial charge in [0, 0.05) is 24.3 Å². The fraction of sp³-hybridized carbons (Fsp3) is 0.174. The summed E-state index contributed by atoms with van der Waals surface area (Å²) in [5, 5.41) is 13.5. The molecule has 0 aliphatic carbocycles. The van der Waals surface area contributed by atoms with Gasteiger partial charge in [-0.1, -0.05) is 42.5 Å². The predicted octanol–water partition coefficient (Wildman–Crippen LogP) is 3.49. The van der Waals surface area contributed by atoms with Gasteiger partial charge < -0.3 is 14.1 Å². The van der Waals surface area contributed by atoms with Crippen molar-refractivity contribution < 1.29 is 9.15 Å². The van der Waals surface area contributed by atoms with Crippen LogP contribution in [0.1, 0.15) is 5.56 Å². The number of benzene rings is 2. The Morgan fingerprint density at radius 1 is 1.00 bits per heavy atom. The zero-order valence-corrected chi connectivity index (χ0v) is 16.4. The summed E-state index contributed by atoms with van der Waals surface area (Å²) in [7, 11) is 0. The Morgan fingerprint density at radius 2 is 1.77 bits per heavy atom. The Balaban J connectivity index is 1.39. The van der Waals surface area contributed by atoms with E-state index in [1.54, 1.807) is 6.21 Å². The van der Waals surface area contributed by atoms with E-state index in [2.05, 4.69) is 27.1 Å². The standard InChI is InChI=1S/C23H21N5O2/c24-22-20-14-21(18-4-2-1-3-5-18)30-23(20)25-16-28(22)26-15-17-6-8-19(9-7-17)27-10-12-29-13-11-27/h1-9,14-16,24H,10-13H2/b24-22?,26-15+. The maximum absolute atomic E-state index is 8.48. The van der Waals surface area contributed by atoms with E-state index in [9.17, 15) is 0 Å². The topological polar surface area (TPSA) is 79.6 Å². The van der Waals surface area contributed by atoms with E-state index in [1.807, 2.05) is 48.5 Å². The van der Waals surface area contributed by atoms with Gasteiger partial charge in [0.25, 0.3) is 0 Å². The minimum Gasteiger partial charge on any atom is -0.438 e. The second kappa shape index (κ2) is 7.96. The number of nitrogens with one attached hydrogen (secondary N) is 1. The molecule has 150 valence electrons. The van der Waals surface area contributed by atoms with Crippen LogP contribution in [0.25, 0.3) is 22.4 Å². The van der Waals surface area contributed by atoms with Gasteiger partial charge in [0.15, 0.2) is 5.49 Å². The van der Waals surface area contributed by atoms with Crippen molar-refractivity contribution in [3.8, 4) is 11.3 Å². The van der Waals surface area contributed by atoms with Gasteiger partial charge in [0.1, 0.15) is 12.1 Å². The lowest BCUT2D eigenvalue weighted by molar-refractivity contribution is 0.122. The highest BCUT2D eigenvalue weighted by Gasteiger charge is 2.11. The van der Waals surface area contributed by atoms with Crippen LogP contribution in [0.4, 0.5) is 5.69 Å². The highest BCUT2D eigenvalue weighted by molar-refractivity contribution is 5.81. The average Bonchev–Trinajstić information content (AvgIpc) is 3.26. The zero-order chi connectivity index (χ0) is 20.3. The van der Waals surface area contributed by atoms with Crippen LogP contribution in [-0.2, 0) is 4.74 Å². The number of nitrogens with zero attached hydrogens (tertiary/aromatic N) is 4. The molecular weight excluding hydrogens is 378 g/mol. The molecule has 0 atom stereocenters. The molecule has 4 aromatic rings. The first kappa shape index (κ1) is 18.3. The largest absolute Gasteiger partial charge is 0.438 e. The minimum absolute atomic E-state index is 0.229. The third-order valence-corrected chi connectivity index (χ3v) is 5.14. The van der Waals surface area contributed by atoms with E-state index in [1.165, 1.54) is 16.7 Å². The van der Waals surface area contributed by atoms with Crippen LogP contribution in [0.5, 0.6) is 0 Å². The molecule has 7 heteroatoms. The first-order valence-corrected chi connectivity index (χ1v) is 9.86. The van der Waals surface area contributed by atoms with Crippen LogP contribution < -0.4 is 10.4 Å². The van der Waals surface area contributed by atoms with Crippen molar-refractivity contribution in [2.24, 2.45) is 5.10 Å². The fourth-order valence-electron chi connectivity index (χ4n) is 3.49. The maximum atomic E-state index is 8.48. The number of ether oxygens (including phenoxy) is 1. The second-order valence-electron chi connectivity index (χ2n) is 7.07. The van der Waals surface area contributed by atoms with E-state index < -0.39 is 0 Å². The molecule has 0 spiro atoms. The number of rotatable bonds is 4. The van der Waals surface area contributed by atoms with Crippen LogP contribution >= 0.6 is 0 Å². The van der Waals surface area contributed by atoms with Gasteiger partial charge in [-0.15, -0.1) is 0 Å². The van der Waals surface area contributed by atoms with Gasteiger partial charge >= 0.3 is 0 Å². The predicted molar refractivity (Wildman–Crippen MR) is 116 cm³/mol. The van der Waals surface area contributed by atoms with Crippen molar-refractivity contribution in [1.82, 2.24) is 9.66 Å². The number of anilines is 1. The van der Waals surface area contributed by atoms with Gasteiger partial charge in [-0.2, -0.15) is 5.10 Å². The second-order valence-corrected chi connectivity index (χ2v) is 7.07. The fourth-order valence-corrected chi connectivity index (χ4v) is 3.49. The summed E-state index contributed by atoms with van der Waals surface area (Å²) in [6.45, 7) is 3.35. The Labute approximate surface area is 173 Å². The lowest BCUT2D eigenvalue weighted by atomic mass is 10.2. The molecule has 0 radical (unpaired) electrons. The third kappa shape index (κ3) is 3.62. The van der Waals surface area contributed by atoms with Crippen LogP contribution in [0.3, 0.4) is 0 Å². The number of furan rings is 1. The average molecular weight is 399 g/mol. The van der Waals surface area contributed by atoms with E-state index in [0.717, 1.165) is 37.4 Å². The van der Waals surface area contributed by atoms with Gasteiger partial charge in [-0.3, -0.25) is 5.41 Å². The lowest BCUT2D eigenvalue weighted by Crippen LogP contribution is -2.36. The maximum Gasteiger partial charge on any atom is 0.231 e. The van der Waals surface area contributed by atoms with E-state index in [-0.39, 0.29) is 5.49 Å². The van der Waals surface area contributed by atoms with Gasteiger partial charge in [0.2, 0.25) is 5.71 Å². The Kier molecular flexibility index (Phi) is 4.86. The molecule has 0 bridgehead atoms. The lowest BCUT2D eigenvalue weighted by Gasteiger charge is -2.28.